The summed E-state index contributed by atoms with van der Waals surface area (Å²) in [5, 5.41) is 19.0. The smallest absolute Gasteiger partial charge is 0.258 e. The van der Waals surface area contributed by atoms with Crippen LogP contribution in [0.15, 0.2) is 12.1 Å². The number of hydrogen-bond donors (Lipinski definition) is 0. The molecule has 0 spiro atoms. The van der Waals surface area contributed by atoms with Gasteiger partial charge in [-0.25, -0.2) is 4.39 Å². The number of rotatable bonds is 2. The van der Waals surface area contributed by atoms with Crippen LogP contribution in [0.2, 0.25) is 0 Å². The highest BCUT2D eigenvalue weighted by atomic mass is 19.1. The minimum absolute atomic E-state index is 0.0357. The van der Waals surface area contributed by atoms with Crippen LogP contribution in [0.25, 0.3) is 0 Å². The van der Waals surface area contributed by atoms with Gasteiger partial charge in [0.15, 0.2) is 0 Å². The van der Waals surface area contributed by atoms with Crippen molar-refractivity contribution in [3.8, 4) is 6.07 Å². The molecule has 1 rings (SSSR count). The van der Waals surface area contributed by atoms with Crippen molar-refractivity contribution >= 4 is 5.69 Å². The van der Waals surface area contributed by atoms with Crippen molar-refractivity contribution in [3.63, 3.8) is 0 Å². The third-order valence-corrected chi connectivity index (χ3v) is 1.85. The zero-order valence-corrected chi connectivity index (χ0v) is 7.45. The Kier molecular flexibility index (Phi) is 2.77. The van der Waals surface area contributed by atoms with Crippen LogP contribution in [-0.4, -0.2) is 4.92 Å². The topological polar surface area (TPSA) is 66.9 Å². The van der Waals surface area contributed by atoms with Crippen molar-refractivity contribution in [2.45, 2.75) is 13.3 Å². The predicted molar refractivity (Wildman–Crippen MR) is 47.1 cm³/mol. The number of halogens is 1. The molecule has 72 valence electrons. The quantitative estimate of drug-likeness (QED) is 0.535. The molecule has 14 heavy (non-hydrogen) atoms. The summed E-state index contributed by atoms with van der Waals surface area (Å²) in [5.41, 5.74) is -0.329. The van der Waals surface area contributed by atoms with Crippen LogP contribution in [-0.2, 0) is 6.42 Å². The number of nitro benzene ring substituents is 1. The van der Waals surface area contributed by atoms with E-state index in [4.69, 9.17) is 5.26 Å². The lowest BCUT2D eigenvalue weighted by molar-refractivity contribution is -0.385. The minimum Gasteiger partial charge on any atom is -0.258 e. The third kappa shape index (κ3) is 1.69. The van der Waals surface area contributed by atoms with E-state index in [0.29, 0.717) is 0 Å². The Morgan fingerprint density at radius 2 is 2.29 bits per heavy atom. The molecule has 0 aliphatic carbocycles. The van der Waals surface area contributed by atoms with Crippen LogP contribution in [0.3, 0.4) is 0 Å². The number of hydrogen-bond acceptors (Lipinski definition) is 3. The average Bonchev–Trinajstić information content (AvgIpc) is 2.16. The van der Waals surface area contributed by atoms with E-state index in [1.165, 1.54) is 0 Å². The Labute approximate surface area is 79.7 Å². The van der Waals surface area contributed by atoms with Crippen LogP contribution in [0.4, 0.5) is 10.1 Å². The average molecular weight is 194 g/mol. The maximum Gasteiger partial charge on any atom is 0.276 e. The Morgan fingerprint density at radius 1 is 1.64 bits per heavy atom. The summed E-state index contributed by atoms with van der Waals surface area (Å²) in [6.07, 6.45) is 0.230. The lowest BCUT2D eigenvalue weighted by Crippen LogP contribution is -1.98. The van der Waals surface area contributed by atoms with Gasteiger partial charge in [-0.2, -0.15) is 5.26 Å². The van der Waals surface area contributed by atoms with Gasteiger partial charge < -0.3 is 0 Å². The van der Waals surface area contributed by atoms with E-state index in [1.54, 1.807) is 13.0 Å². The van der Waals surface area contributed by atoms with E-state index in [1.807, 2.05) is 0 Å². The first-order valence-electron chi connectivity index (χ1n) is 3.97. The maximum absolute atomic E-state index is 13.2. The summed E-state index contributed by atoms with van der Waals surface area (Å²) in [7, 11) is 0. The molecular formula is C9H7FN2O2. The van der Waals surface area contributed by atoms with Gasteiger partial charge in [-0.1, -0.05) is 6.92 Å². The van der Waals surface area contributed by atoms with Crippen LogP contribution in [0, 0.1) is 27.3 Å². The molecule has 1 aromatic carbocycles. The third-order valence-electron chi connectivity index (χ3n) is 1.85. The largest absolute Gasteiger partial charge is 0.276 e. The minimum atomic E-state index is -0.696. The number of benzene rings is 1. The Morgan fingerprint density at radius 3 is 2.71 bits per heavy atom. The van der Waals surface area contributed by atoms with Crippen molar-refractivity contribution in [3.05, 3.63) is 39.2 Å². The van der Waals surface area contributed by atoms with Gasteiger partial charge in [-0.15, -0.1) is 0 Å². The molecule has 0 atom stereocenters. The molecule has 0 saturated heterocycles. The fraction of sp³-hybridized carbons (Fsp3) is 0.222. The van der Waals surface area contributed by atoms with E-state index in [9.17, 15) is 14.5 Å². The lowest BCUT2D eigenvalue weighted by Gasteiger charge is -2.01. The molecule has 0 saturated carbocycles. The predicted octanol–water partition coefficient (Wildman–Crippen LogP) is 2.17. The molecular weight excluding hydrogens is 187 g/mol. The first-order valence-corrected chi connectivity index (χ1v) is 3.97. The van der Waals surface area contributed by atoms with E-state index in [2.05, 4.69) is 0 Å². The molecule has 0 aliphatic rings. The second-order valence-electron chi connectivity index (χ2n) is 2.68. The molecule has 0 aliphatic heterocycles. The molecule has 5 heteroatoms. The van der Waals surface area contributed by atoms with E-state index < -0.39 is 10.7 Å². The highest BCUT2D eigenvalue weighted by Gasteiger charge is 2.18. The second kappa shape index (κ2) is 3.83. The van der Waals surface area contributed by atoms with Crippen molar-refractivity contribution in [2.75, 3.05) is 0 Å². The van der Waals surface area contributed by atoms with Gasteiger partial charge in [0.05, 0.1) is 22.1 Å². The zero-order chi connectivity index (χ0) is 10.7. The zero-order valence-electron chi connectivity index (χ0n) is 7.45. The Hall–Kier alpha value is -1.96. The number of nitriles is 1. The van der Waals surface area contributed by atoms with Crippen LogP contribution < -0.4 is 0 Å². The Balaban J connectivity index is 3.45. The normalized spacial score (nSPS) is 9.50. The van der Waals surface area contributed by atoms with Gasteiger partial charge in [-0.05, 0) is 12.5 Å². The van der Waals surface area contributed by atoms with Gasteiger partial charge in [0.2, 0.25) is 0 Å². The summed E-state index contributed by atoms with van der Waals surface area (Å²) < 4.78 is 13.2. The van der Waals surface area contributed by atoms with Crippen molar-refractivity contribution in [1.29, 1.82) is 5.26 Å². The van der Waals surface area contributed by atoms with E-state index in [0.717, 1.165) is 12.1 Å². The summed E-state index contributed by atoms with van der Waals surface area (Å²) in [4.78, 5) is 9.85. The fourth-order valence-electron chi connectivity index (χ4n) is 1.20. The highest BCUT2D eigenvalue weighted by molar-refractivity contribution is 5.48. The number of nitrogens with zero attached hydrogens (tertiary/aromatic N) is 2. The van der Waals surface area contributed by atoms with Crippen LogP contribution >= 0.6 is 0 Å². The molecule has 4 nitrogen and oxygen atoms in total. The van der Waals surface area contributed by atoms with Gasteiger partial charge in [0.1, 0.15) is 5.82 Å². The molecule has 0 heterocycles. The molecule has 0 bridgehead atoms. The summed E-state index contributed by atoms with van der Waals surface area (Å²) >= 11 is 0. The van der Waals surface area contributed by atoms with Crippen molar-refractivity contribution in [2.24, 2.45) is 0 Å². The lowest BCUT2D eigenvalue weighted by atomic mass is 10.1. The molecule has 0 radical (unpaired) electrons. The van der Waals surface area contributed by atoms with E-state index >= 15 is 0 Å². The van der Waals surface area contributed by atoms with Crippen molar-refractivity contribution in [1.82, 2.24) is 0 Å². The standard InChI is InChI=1S/C9H7FN2O2/c1-2-7-8(10)3-6(5-11)4-9(7)12(13)14/h3-4H,2H2,1H3. The maximum atomic E-state index is 13.2. The van der Waals surface area contributed by atoms with Gasteiger partial charge in [0.25, 0.3) is 5.69 Å². The highest BCUT2D eigenvalue weighted by Crippen LogP contribution is 2.23. The SMILES string of the molecule is CCc1c(F)cc(C#N)cc1[N+](=O)[O-]. The van der Waals surface area contributed by atoms with Gasteiger partial charge in [-0.3, -0.25) is 10.1 Å². The molecule has 0 aromatic heterocycles. The van der Waals surface area contributed by atoms with Crippen LogP contribution in [0.1, 0.15) is 18.1 Å². The van der Waals surface area contributed by atoms with E-state index in [-0.39, 0.29) is 23.2 Å². The molecule has 0 fully saturated rings. The number of nitro groups is 1. The molecule has 0 amide bonds. The summed E-state index contributed by atoms with van der Waals surface area (Å²) in [6.45, 7) is 1.62. The first kappa shape index (κ1) is 10.1. The van der Waals surface area contributed by atoms with Crippen LogP contribution in [0.5, 0.6) is 0 Å². The molecule has 0 N–H and O–H groups in total. The first-order chi connectivity index (χ1) is 6.60. The Bertz CT molecular complexity index is 424. The summed E-state index contributed by atoms with van der Waals surface area (Å²) in [5.74, 6) is -0.696. The van der Waals surface area contributed by atoms with Gasteiger partial charge >= 0.3 is 0 Å². The molecule has 0 unspecified atom stereocenters. The van der Waals surface area contributed by atoms with Crippen molar-refractivity contribution < 1.29 is 9.31 Å². The summed E-state index contributed by atoms with van der Waals surface area (Å²) in [6, 6.07) is 3.76. The fourth-order valence-corrected chi connectivity index (χ4v) is 1.20. The monoisotopic (exact) mass is 194 g/mol. The van der Waals surface area contributed by atoms with Gasteiger partial charge in [0, 0.05) is 6.07 Å². The second-order valence-corrected chi connectivity index (χ2v) is 2.68. The molecule has 1 aromatic rings.